The van der Waals surface area contributed by atoms with Gasteiger partial charge in [0.05, 0.1) is 15.5 Å². The van der Waals surface area contributed by atoms with Crippen LogP contribution in [-0.2, 0) is 4.79 Å². The summed E-state index contributed by atoms with van der Waals surface area (Å²) in [5.41, 5.74) is -1.08. The van der Waals surface area contributed by atoms with Crippen molar-refractivity contribution in [1.82, 2.24) is 0 Å². The minimum atomic E-state index is -1.00. The summed E-state index contributed by atoms with van der Waals surface area (Å²) in [6, 6.07) is 12.8. The van der Waals surface area contributed by atoms with E-state index in [1.54, 1.807) is 12.1 Å². The van der Waals surface area contributed by atoms with Gasteiger partial charge in [-0.3, -0.25) is 25.0 Å². The number of nitrogens with zero attached hydrogens (tertiary/aromatic N) is 3. The number of nitriles is 1. The molecule has 0 fully saturated rings. The average Bonchev–Trinajstić information content (AvgIpc) is 3.22. The van der Waals surface area contributed by atoms with Gasteiger partial charge in [0.1, 0.15) is 29.0 Å². The van der Waals surface area contributed by atoms with Crippen molar-refractivity contribution in [3.63, 3.8) is 0 Å². The molecule has 31 heavy (non-hydrogen) atoms. The van der Waals surface area contributed by atoms with Crippen LogP contribution in [0.2, 0.25) is 0 Å². The van der Waals surface area contributed by atoms with Crippen LogP contribution in [0.1, 0.15) is 5.76 Å². The van der Waals surface area contributed by atoms with Gasteiger partial charge in [-0.1, -0.05) is 12.1 Å². The number of non-ortho nitro benzene ring substituents is 2. The van der Waals surface area contributed by atoms with Crippen LogP contribution < -0.4 is 5.32 Å². The van der Waals surface area contributed by atoms with Crippen molar-refractivity contribution in [2.45, 2.75) is 0 Å². The molecule has 1 aromatic heterocycles. The number of carbonyl (C=O) groups is 1. The van der Waals surface area contributed by atoms with Gasteiger partial charge in [0.2, 0.25) is 0 Å². The Kier molecular flexibility index (Phi) is 5.83. The van der Waals surface area contributed by atoms with E-state index in [9.17, 15) is 34.7 Å². The van der Waals surface area contributed by atoms with E-state index in [2.05, 4.69) is 5.32 Å². The Hall–Kier alpha value is -4.85. The summed E-state index contributed by atoms with van der Waals surface area (Å²) in [5, 5.41) is 33.1. The first-order valence-electron chi connectivity index (χ1n) is 8.50. The highest BCUT2D eigenvalue weighted by Gasteiger charge is 2.17. The lowest BCUT2D eigenvalue weighted by Crippen LogP contribution is -2.14. The quantitative estimate of drug-likeness (QED) is 0.266. The van der Waals surface area contributed by atoms with Crippen molar-refractivity contribution >= 4 is 29.0 Å². The number of halogens is 1. The predicted octanol–water partition coefficient (Wildman–Crippen LogP) is 4.45. The predicted molar refractivity (Wildman–Crippen MR) is 106 cm³/mol. The van der Waals surface area contributed by atoms with E-state index in [1.165, 1.54) is 30.3 Å². The number of benzene rings is 2. The number of furan rings is 1. The fourth-order valence-corrected chi connectivity index (χ4v) is 2.56. The summed E-state index contributed by atoms with van der Waals surface area (Å²) in [5.74, 6) is -1.57. The van der Waals surface area contributed by atoms with Crippen molar-refractivity contribution in [3.8, 4) is 17.4 Å². The maximum Gasteiger partial charge on any atom is 0.271 e. The third kappa shape index (κ3) is 4.77. The van der Waals surface area contributed by atoms with Gasteiger partial charge in [0.15, 0.2) is 0 Å². The highest BCUT2D eigenvalue weighted by atomic mass is 19.1. The molecular weight excluding hydrogens is 411 g/mol. The molecule has 0 saturated carbocycles. The number of amides is 1. The lowest BCUT2D eigenvalue weighted by atomic mass is 10.1. The standard InChI is InChI=1S/C20H11FN4O6/c21-17-6-4-15(25(29)30)10-18(17)23-20(26)13(11-22)9-16-5-7-19(31-16)12-2-1-3-14(8-12)24(27)28/h1-10H,(H,23,26). The minimum absolute atomic E-state index is 0.0905. The molecular formula is C20H11FN4O6. The number of rotatable bonds is 6. The maximum absolute atomic E-state index is 13.9. The van der Waals surface area contributed by atoms with Crippen molar-refractivity contribution < 1.29 is 23.4 Å². The Balaban J connectivity index is 1.84. The van der Waals surface area contributed by atoms with E-state index in [0.717, 1.165) is 24.3 Å². The molecule has 2 aromatic carbocycles. The van der Waals surface area contributed by atoms with Crippen LogP contribution in [0, 0.1) is 37.4 Å². The second-order valence-electron chi connectivity index (χ2n) is 6.05. The molecule has 0 aliphatic carbocycles. The maximum atomic E-state index is 13.9. The smallest absolute Gasteiger partial charge is 0.271 e. The molecule has 0 aliphatic heterocycles. The van der Waals surface area contributed by atoms with Gasteiger partial charge in [-0.25, -0.2) is 4.39 Å². The normalized spacial score (nSPS) is 10.9. The Morgan fingerprint density at radius 3 is 2.45 bits per heavy atom. The van der Waals surface area contributed by atoms with E-state index >= 15 is 0 Å². The van der Waals surface area contributed by atoms with Crippen molar-refractivity contribution in [1.29, 1.82) is 5.26 Å². The molecule has 10 nitrogen and oxygen atoms in total. The van der Waals surface area contributed by atoms with Gasteiger partial charge in [-0.05, 0) is 18.2 Å². The molecule has 1 heterocycles. The monoisotopic (exact) mass is 422 g/mol. The van der Waals surface area contributed by atoms with E-state index < -0.39 is 38.5 Å². The van der Waals surface area contributed by atoms with E-state index in [0.29, 0.717) is 5.56 Å². The van der Waals surface area contributed by atoms with Gasteiger partial charge in [-0.2, -0.15) is 5.26 Å². The fraction of sp³-hybridized carbons (Fsp3) is 0. The van der Waals surface area contributed by atoms with Crippen molar-refractivity contribution in [2.75, 3.05) is 5.32 Å². The van der Waals surface area contributed by atoms with Crippen molar-refractivity contribution in [3.05, 3.63) is 92.0 Å². The molecule has 0 bridgehead atoms. The van der Waals surface area contributed by atoms with Crippen LogP contribution in [0.4, 0.5) is 21.5 Å². The molecule has 1 amide bonds. The molecule has 11 heteroatoms. The first-order valence-corrected chi connectivity index (χ1v) is 8.50. The van der Waals surface area contributed by atoms with E-state index in [1.807, 2.05) is 0 Å². The highest BCUT2D eigenvalue weighted by Crippen LogP contribution is 2.27. The Bertz CT molecular complexity index is 1270. The van der Waals surface area contributed by atoms with Gasteiger partial charge >= 0.3 is 0 Å². The summed E-state index contributed by atoms with van der Waals surface area (Å²) >= 11 is 0. The van der Waals surface area contributed by atoms with Gasteiger partial charge < -0.3 is 9.73 Å². The number of nitro groups is 2. The molecule has 3 aromatic rings. The third-order valence-corrected chi connectivity index (χ3v) is 4.03. The van der Waals surface area contributed by atoms with Crippen LogP contribution in [0.25, 0.3) is 17.4 Å². The molecule has 0 atom stereocenters. The Labute approximate surface area is 173 Å². The minimum Gasteiger partial charge on any atom is -0.457 e. The average molecular weight is 422 g/mol. The molecule has 154 valence electrons. The summed E-state index contributed by atoms with van der Waals surface area (Å²) < 4.78 is 19.4. The number of carbonyl (C=O) groups excluding carboxylic acids is 1. The lowest BCUT2D eigenvalue weighted by Gasteiger charge is -2.05. The molecule has 0 unspecified atom stereocenters. The molecule has 0 aliphatic rings. The van der Waals surface area contributed by atoms with Crippen LogP contribution >= 0.6 is 0 Å². The van der Waals surface area contributed by atoms with Crippen molar-refractivity contribution in [2.24, 2.45) is 0 Å². The highest BCUT2D eigenvalue weighted by molar-refractivity contribution is 6.09. The first kappa shape index (κ1) is 20.9. The number of hydrogen-bond donors (Lipinski definition) is 1. The molecule has 0 saturated heterocycles. The molecule has 0 radical (unpaired) electrons. The molecule has 1 N–H and O–H groups in total. The SMILES string of the molecule is N#CC(=Cc1ccc(-c2cccc([N+](=O)[O-])c2)o1)C(=O)Nc1cc([N+](=O)[O-])ccc1F. The summed E-state index contributed by atoms with van der Waals surface area (Å²) in [6.45, 7) is 0. The van der Waals surface area contributed by atoms with Crippen LogP contribution in [0.15, 0.2) is 64.6 Å². The van der Waals surface area contributed by atoms with E-state index in [-0.39, 0.29) is 17.2 Å². The Morgan fingerprint density at radius 2 is 1.77 bits per heavy atom. The van der Waals surface area contributed by atoms with Crippen LogP contribution in [0.3, 0.4) is 0 Å². The summed E-state index contributed by atoms with van der Waals surface area (Å²) in [4.78, 5) is 32.7. The van der Waals surface area contributed by atoms with Crippen LogP contribution in [0.5, 0.6) is 0 Å². The van der Waals surface area contributed by atoms with Gasteiger partial charge in [0, 0.05) is 35.9 Å². The Morgan fingerprint density at radius 1 is 1.06 bits per heavy atom. The topological polar surface area (TPSA) is 152 Å². The zero-order chi connectivity index (χ0) is 22.5. The van der Waals surface area contributed by atoms with Gasteiger partial charge in [0.25, 0.3) is 17.3 Å². The largest absolute Gasteiger partial charge is 0.457 e. The second-order valence-corrected chi connectivity index (χ2v) is 6.05. The van der Waals surface area contributed by atoms with E-state index in [4.69, 9.17) is 4.42 Å². The summed E-state index contributed by atoms with van der Waals surface area (Å²) in [7, 11) is 0. The third-order valence-electron chi connectivity index (χ3n) is 4.03. The summed E-state index contributed by atoms with van der Waals surface area (Å²) in [6.07, 6.45) is 1.09. The number of nitro benzene ring substituents is 2. The number of nitrogens with one attached hydrogen (secondary N) is 1. The lowest BCUT2D eigenvalue weighted by molar-refractivity contribution is -0.385. The first-order chi connectivity index (χ1) is 14.8. The fourth-order valence-electron chi connectivity index (χ4n) is 2.56. The molecule has 3 rings (SSSR count). The molecule has 0 spiro atoms. The van der Waals surface area contributed by atoms with Crippen LogP contribution in [-0.4, -0.2) is 15.8 Å². The zero-order valence-electron chi connectivity index (χ0n) is 15.4. The van der Waals surface area contributed by atoms with Gasteiger partial charge in [-0.15, -0.1) is 0 Å². The number of anilines is 1. The zero-order valence-corrected chi connectivity index (χ0v) is 15.4. The number of hydrogen-bond acceptors (Lipinski definition) is 7. The second kappa shape index (κ2) is 8.66.